The Hall–Kier alpha value is -2.14. The first-order valence-corrected chi connectivity index (χ1v) is 9.70. The van der Waals surface area contributed by atoms with E-state index in [1.807, 2.05) is 13.0 Å². The topological polar surface area (TPSA) is 61.3 Å². The third kappa shape index (κ3) is 3.68. The number of hydrogen-bond donors (Lipinski definition) is 2. The quantitative estimate of drug-likeness (QED) is 0.857. The smallest absolute Gasteiger partial charge is 0.135 e. The average molecular weight is 352 g/mol. The monoisotopic (exact) mass is 352 g/mol. The average Bonchev–Trinajstić information content (AvgIpc) is 3.44. The van der Waals surface area contributed by atoms with Crippen LogP contribution in [-0.2, 0) is 13.0 Å². The van der Waals surface area contributed by atoms with Gasteiger partial charge >= 0.3 is 0 Å². The van der Waals surface area contributed by atoms with Crippen LogP contribution in [0.15, 0.2) is 24.3 Å². The second-order valence-corrected chi connectivity index (χ2v) is 7.92. The third-order valence-corrected chi connectivity index (χ3v) is 5.22. The molecule has 1 fully saturated rings. The fourth-order valence-corrected chi connectivity index (χ4v) is 3.41. The summed E-state index contributed by atoms with van der Waals surface area (Å²) in [5.74, 6) is 3.18. The van der Waals surface area contributed by atoms with Gasteiger partial charge in [0.2, 0.25) is 0 Å². The van der Waals surface area contributed by atoms with Crippen LogP contribution in [0.1, 0.15) is 68.1 Å². The van der Waals surface area contributed by atoms with E-state index in [2.05, 4.69) is 42.3 Å². The van der Waals surface area contributed by atoms with E-state index >= 15 is 0 Å². The van der Waals surface area contributed by atoms with Gasteiger partial charge in [0.1, 0.15) is 17.5 Å². The molecule has 0 spiro atoms. The Labute approximate surface area is 155 Å². The summed E-state index contributed by atoms with van der Waals surface area (Å²) in [6.07, 6.45) is 3.03. The minimum absolute atomic E-state index is 0.306. The standard InChI is InChI=1S/C21H28N4O/c1-13(2)21-23-19(22-18-6-7-18)11-20(24-21)25-9-8-16-10-15(14(3)26)4-5-17(16)12-25/h4-5,10-11,13-14,18,26H,6-9,12H2,1-3H3,(H,22,23,24)/t14-/m1/s1. The van der Waals surface area contributed by atoms with Crippen molar-refractivity contribution in [2.24, 2.45) is 0 Å². The minimum atomic E-state index is -0.412. The number of fused-ring (bicyclic) bond motifs is 1. The van der Waals surface area contributed by atoms with Gasteiger partial charge in [-0.05, 0) is 42.9 Å². The van der Waals surface area contributed by atoms with Gasteiger partial charge in [-0.25, -0.2) is 9.97 Å². The van der Waals surface area contributed by atoms with E-state index in [9.17, 15) is 5.11 Å². The van der Waals surface area contributed by atoms with Gasteiger partial charge in [0.15, 0.2) is 0 Å². The van der Waals surface area contributed by atoms with Crippen LogP contribution in [0.25, 0.3) is 0 Å². The van der Waals surface area contributed by atoms with Gasteiger partial charge in [0.05, 0.1) is 6.10 Å². The van der Waals surface area contributed by atoms with E-state index < -0.39 is 6.10 Å². The summed E-state index contributed by atoms with van der Waals surface area (Å²) in [4.78, 5) is 11.9. The fraction of sp³-hybridized carbons (Fsp3) is 0.524. The number of aliphatic hydroxyl groups is 1. The molecule has 2 heterocycles. The number of anilines is 2. The van der Waals surface area contributed by atoms with Crippen molar-refractivity contribution in [1.82, 2.24) is 9.97 Å². The Balaban J connectivity index is 1.60. The summed E-state index contributed by atoms with van der Waals surface area (Å²) >= 11 is 0. The molecular formula is C21H28N4O. The highest BCUT2D eigenvalue weighted by Crippen LogP contribution is 2.30. The van der Waals surface area contributed by atoms with E-state index in [0.717, 1.165) is 42.5 Å². The molecular weight excluding hydrogens is 324 g/mol. The molecule has 0 amide bonds. The van der Waals surface area contributed by atoms with Crippen LogP contribution in [0.5, 0.6) is 0 Å². The maximum atomic E-state index is 9.81. The molecule has 1 aromatic heterocycles. The van der Waals surface area contributed by atoms with Gasteiger partial charge in [0, 0.05) is 31.1 Å². The van der Waals surface area contributed by atoms with Crippen molar-refractivity contribution in [3.63, 3.8) is 0 Å². The normalized spacial score (nSPS) is 18.0. The van der Waals surface area contributed by atoms with E-state index in [1.54, 1.807) is 0 Å². The molecule has 5 heteroatoms. The molecule has 5 nitrogen and oxygen atoms in total. The van der Waals surface area contributed by atoms with Crippen molar-refractivity contribution in [3.8, 4) is 0 Å². The summed E-state index contributed by atoms with van der Waals surface area (Å²) in [5, 5.41) is 13.3. The summed E-state index contributed by atoms with van der Waals surface area (Å²) < 4.78 is 0. The number of nitrogens with zero attached hydrogens (tertiary/aromatic N) is 3. The van der Waals surface area contributed by atoms with Crippen LogP contribution in [0.2, 0.25) is 0 Å². The highest BCUT2D eigenvalue weighted by atomic mass is 16.3. The number of hydrogen-bond acceptors (Lipinski definition) is 5. The summed E-state index contributed by atoms with van der Waals surface area (Å²) in [6, 6.07) is 9.01. The molecule has 1 aliphatic carbocycles. The maximum Gasteiger partial charge on any atom is 0.135 e. The number of benzene rings is 1. The predicted molar refractivity (Wildman–Crippen MR) is 105 cm³/mol. The van der Waals surface area contributed by atoms with Crippen LogP contribution in [-0.4, -0.2) is 27.7 Å². The Morgan fingerprint density at radius 3 is 2.62 bits per heavy atom. The number of aromatic nitrogens is 2. The van der Waals surface area contributed by atoms with Crippen LogP contribution >= 0.6 is 0 Å². The lowest BCUT2D eigenvalue weighted by Gasteiger charge is -2.31. The highest BCUT2D eigenvalue weighted by molar-refractivity contribution is 5.53. The zero-order valence-electron chi connectivity index (χ0n) is 15.9. The van der Waals surface area contributed by atoms with Crippen molar-refractivity contribution in [1.29, 1.82) is 0 Å². The second-order valence-electron chi connectivity index (χ2n) is 7.92. The van der Waals surface area contributed by atoms with Crippen LogP contribution in [0, 0.1) is 0 Å². The van der Waals surface area contributed by atoms with Gasteiger partial charge in [0.25, 0.3) is 0 Å². The first-order valence-electron chi connectivity index (χ1n) is 9.70. The largest absolute Gasteiger partial charge is 0.389 e. The van der Waals surface area contributed by atoms with E-state index in [-0.39, 0.29) is 0 Å². The molecule has 0 bridgehead atoms. The second kappa shape index (κ2) is 6.88. The lowest BCUT2D eigenvalue weighted by Crippen LogP contribution is -2.31. The Bertz CT molecular complexity index is 799. The molecule has 4 rings (SSSR count). The van der Waals surface area contributed by atoms with E-state index in [4.69, 9.17) is 9.97 Å². The SMILES string of the molecule is CC(C)c1nc(NC2CC2)cc(N2CCc3cc([C@@H](C)O)ccc3C2)n1. The molecule has 2 aliphatic rings. The molecule has 0 unspecified atom stereocenters. The van der Waals surface area contributed by atoms with Gasteiger partial charge in [-0.2, -0.15) is 0 Å². The van der Waals surface area contributed by atoms with Crippen molar-refractivity contribution in [2.45, 2.75) is 64.6 Å². The summed E-state index contributed by atoms with van der Waals surface area (Å²) in [7, 11) is 0. The fourth-order valence-electron chi connectivity index (χ4n) is 3.41. The molecule has 2 N–H and O–H groups in total. The molecule has 1 aromatic carbocycles. The number of nitrogens with one attached hydrogen (secondary N) is 1. The van der Waals surface area contributed by atoms with Crippen molar-refractivity contribution in [2.75, 3.05) is 16.8 Å². The van der Waals surface area contributed by atoms with Crippen molar-refractivity contribution >= 4 is 11.6 Å². The zero-order chi connectivity index (χ0) is 18.3. The van der Waals surface area contributed by atoms with Crippen LogP contribution in [0.3, 0.4) is 0 Å². The molecule has 138 valence electrons. The first kappa shape index (κ1) is 17.3. The van der Waals surface area contributed by atoms with Crippen LogP contribution < -0.4 is 10.2 Å². The van der Waals surface area contributed by atoms with Crippen molar-refractivity contribution in [3.05, 3.63) is 46.8 Å². The van der Waals surface area contributed by atoms with Gasteiger partial charge in [-0.3, -0.25) is 0 Å². The first-order chi connectivity index (χ1) is 12.5. The molecule has 1 saturated carbocycles. The lowest BCUT2D eigenvalue weighted by molar-refractivity contribution is 0.199. The van der Waals surface area contributed by atoms with Gasteiger partial charge in [-0.1, -0.05) is 32.0 Å². The lowest BCUT2D eigenvalue weighted by atomic mass is 9.96. The van der Waals surface area contributed by atoms with E-state index in [1.165, 1.54) is 24.0 Å². The summed E-state index contributed by atoms with van der Waals surface area (Å²) in [5.41, 5.74) is 3.66. The molecule has 1 atom stereocenters. The zero-order valence-corrected chi connectivity index (χ0v) is 15.9. The Morgan fingerprint density at radius 1 is 1.12 bits per heavy atom. The van der Waals surface area contributed by atoms with Gasteiger partial charge < -0.3 is 15.3 Å². The number of rotatable bonds is 5. The number of aliphatic hydroxyl groups excluding tert-OH is 1. The maximum absolute atomic E-state index is 9.81. The molecule has 0 saturated heterocycles. The minimum Gasteiger partial charge on any atom is -0.389 e. The Kier molecular flexibility index (Phi) is 4.57. The highest BCUT2D eigenvalue weighted by Gasteiger charge is 2.24. The van der Waals surface area contributed by atoms with Crippen LogP contribution in [0.4, 0.5) is 11.6 Å². The van der Waals surface area contributed by atoms with Gasteiger partial charge in [-0.15, -0.1) is 0 Å². The molecule has 1 aliphatic heterocycles. The molecule has 0 radical (unpaired) electrons. The van der Waals surface area contributed by atoms with E-state index in [0.29, 0.717) is 12.0 Å². The summed E-state index contributed by atoms with van der Waals surface area (Å²) in [6.45, 7) is 7.90. The Morgan fingerprint density at radius 2 is 1.92 bits per heavy atom. The molecule has 2 aromatic rings. The molecule has 26 heavy (non-hydrogen) atoms. The predicted octanol–water partition coefficient (Wildman–Crippen LogP) is 3.79. The van der Waals surface area contributed by atoms with Crippen molar-refractivity contribution < 1.29 is 5.11 Å². The third-order valence-electron chi connectivity index (χ3n) is 5.22.